The number of ether oxygens (including phenoxy) is 5. The van der Waals surface area contributed by atoms with Crippen molar-refractivity contribution in [1.29, 1.82) is 0 Å². The van der Waals surface area contributed by atoms with E-state index in [1.807, 2.05) is 24.3 Å². The first-order chi connectivity index (χ1) is 29.5. The highest BCUT2D eigenvalue weighted by atomic mass is 16.7. The van der Waals surface area contributed by atoms with Gasteiger partial charge in [-0.1, -0.05) is 110 Å². The molecule has 0 saturated carbocycles. The van der Waals surface area contributed by atoms with E-state index in [1.165, 1.54) is 49.4 Å². The molecule has 1 fully saturated rings. The Balaban J connectivity index is 1.42. The van der Waals surface area contributed by atoms with E-state index in [0.29, 0.717) is 5.56 Å². The highest BCUT2D eigenvalue weighted by Crippen LogP contribution is 2.45. The van der Waals surface area contributed by atoms with E-state index in [9.17, 15) is 24.3 Å². The first-order valence-corrected chi connectivity index (χ1v) is 19.9. The second-order valence-electron chi connectivity index (χ2n) is 14.7. The van der Waals surface area contributed by atoms with Crippen molar-refractivity contribution >= 4 is 29.6 Å². The number of nitrogens with two attached hydrogens (primary N) is 1. The highest BCUT2D eigenvalue weighted by Gasteiger charge is 2.62. The van der Waals surface area contributed by atoms with E-state index in [2.05, 4.69) is 6.92 Å². The van der Waals surface area contributed by atoms with E-state index in [4.69, 9.17) is 29.4 Å². The van der Waals surface area contributed by atoms with Gasteiger partial charge in [-0.3, -0.25) is 0 Å². The van der Waals surface area contributed by atoms with Crippen molar-refractivity contribution in [3.63, 3.8) is 0 Å². The van der Waals surface area contributed by atoms with E-state index in [-0.39, 0.29) is 39.9 Å². The monoisotopic (exact) mass is 819 g/mol. The van der Waals surface area contributed by atoms with Gasteiger partial charge in [0.05, 0.1) is 22.3 Å². The number of rotatable bonds is 13. The molecular formula is C50H45NO10. The van der Waals surface area contributed by atoms with Gasteiger partial charge in [-0.25, -0.2) is 19.2 Å². The van der Waals surface area contributed by atoms with Crippen LogP contribution in [0.4, 0.5) is 5.69 Å². The van der Waals surface area contributed by atoms with Gasteiger partial charge in [0.25, 0.3) is 0 Å². The lowest BCUT2D eigenvalue weighted by Crippen LogP contribution is -2.68. The number of benzene rings is 6. The largest absolute Gasteiger partial charge is 0.456 e. The third-order valence-corrected chi connectivity index (χ3v) is 10.5. The first-order valence-electron chi connectivity index (χ1n) is 19.9. The molecular weight excluding hydrogens is 775 g/mol. The van der Waals surface area contributed by atoms with Crippen LogP contribution in [0, 0.1) is 0 Å². The lowest BCUT2D eigenvalue weighted by molar-refractivity contribution is -0.360. The second-order valence-corrected chi connectivity index (χ2v) is 14.7. The number of aryl methyl sites for hydroxylation is 1. The maximum Gasteiger partial charge on any atom is 0.338 e. The molecule has 6 atom stereocenters. The zero-order chi connectivity index (χ0) is 42.9. The number of esters is 4. The van der Waals surface area contributed by atoms with Crippen molar-refractivity contribution < 1.29 is 48.0 Å². The summed E-state index contributed by atoms with van der Waals surface area (Å²) >= 11 is 0. The number of carbonyl (C=O) groups is 4. The third kappa shape index (κ3) is 9.70. The van der Waals surface area contributed by atoms with Crippen molar-refractivity contribution in [1.82, 2.24) is 0 Å². The minimum absolute atomic E-state index is 0.0677. The Hall–Kier alpha value is -7.08. The maximum atomic E-state index is 14.2. The Morgan fingerprint density at radius 3 is 1.54 bits per heavy atom. The average Bonchev–Trinajstić information content (AvgIpc) is 3.30. The Morgan fingerprint density at radius 2 is 1.05 bits per heavy atom. The summed E-state index contributed by atoms with van der Waals surface area (Å²) in [5.41, 5.74) is 9.81. The normalized spacial score (nSPS) is 20.1. The summed E-state index contributed by atoms with van der Waals surface area (Å²) in [7, 11) is 0. The quantitative estimate of drug-likeness (QED) is 0.0663. The molecule has 0 radical (unpaired) electrons. The third-order valence-electron chi connectivity index (χ3n) is 10.5. The van der Waals surface area contributed by atoms with Crippen molar-refractivity contribution in [2.24, 2.45) is 0 Å². The lowest BCUT2D eigenvalue weighted by Gasteiger charge is -2.50. The van der Waals surface area contributed by atoms with E-state index >= 15 is 0 Å². The summed E-state index contributed by atoms with van der Waals surface area (Å²) in [6, 6.07) is 45.1. The minimum Gasteiger partial charge on any atom is -0.456 e. The van der Waals surface area contributed by atoms with E-state index in [0.717, 1.165) is 17.5 Å². The molecule has 6 aromatic rings. The summed E-state index contributed by atoms with van der Waals surface area (Å²) in [5, 5.41) is 13.4. The standard InChI is InChI=1S/C50H45NO10/c1-3-33-24-26-34(27-25-33)30-39-28-29-40(51)31-41(39)50(56)45(60-49(55)38-22-14-7-15-23-38)44(59-48(54)37-20-12-6-13-21-37)43(58-47(53)36-18-10-5-11-19-36)42(61-50)32(2)57-46(52)35-16-8-4-9-17-35/h4-29,31-32,42-45,56H,3,30,51H2,1-2H3/t32-,42-,43-,44+,45-,50-/m1/s1. The molecule has 11 nitrogen and oxygen atoms in total. The first kappa shape index (κ1) is 42.1. The molecule has 6 aromatic carbocycles. The molecule has 7 rings (SSSR count). The van der Waals surface area contributed by atoms with Gasteiger partial charge in [0.15, 0.2) is 12.2 Å². The zero-order valence-electron chi connectivity index (χ0n) is 33.6. The van der Waals surface area contributed by atoms with Crippen LogP contribution >= 0.6 is 0 Å². The van der Waals surface area contributed by atoms with Crippen LogP contribution in [-0.2, 0) is 42.3 Å². The maximum absolute atomic E-state index is 14.2. The van der Waals surface area contributed by atoms with Gasteiger partial charge in [-0.2, -0.15) is 0 Å². The SMILES string of the molecule is CCc1ccc(Cc2ccc(N)cc2[C@@]2(O)O[C@H]([C@@H](C)OC(=O)c3ccccc3)[C@@H](OC(=O)c3ccccc3)[C@H](OC(=O)c3ccccc3)[C@H]2OC(=O)c2ccccc2)cc1. The number of nitrogen functional groups attached to an aromatic ring is 1. The molecule has 1 saturated heterocycles. The molecule has 11 heteroatoms. The van der Waals surface area contributed by atoms with Gasteiger partial charge < -0.3 is 34.5 Å². The number of aliphatic hydroxyl groups is 1. The summed E-state index contributed by atoms with van der Waals surface area (Å²) in [6.45, 7) is 3.55. The van der Waals surface area contributed by atoms with Crippen LogP contribution in [0.3, 0.4) is 0 Å². The second kappa shape index (κ2) is 18.9. The van der Waals surface area contributed by atoms with Crippen LogP contribution < -0.4 is 5.73 Å². The number of carbonyl (C=O) groups excluding carboxylic acids is 4. The summed E-state index contributed by atoms with van der Waals surface area (Å²) in [6.07, 6.45) is -7.17. The van der Waals surface area contributed by atoms with Crippen LogP contribution in [0.15, 0.2) is 164 Å². The molecule has 3 N–H and O–H groups in total. The van der Waals surface area contributed by atoms with Crippen LogP contribution in [0.1, 0.15) is 77.5 Å². The summed E-state index contributed by atoms with van der Waals surface area (Å²) in [5.74, 6) is -6.12. The lowest BCUT2D eigenvalue weighted by atomic mass is 9.83. The molecule has 1 aliphatic heterocycles. The van der Waals surface area contributed by atoms with Gasteiger partial charge in [0.1, 0.15) is 12.2 Å². The predicted octanol–water partition coefficient (Wildman–Crippen LogP) is 7.89. The van der Waals surface area contributed by atoms with Crippen LogP contribution in [0.25, 0.3) is 0 Å². The van der Waals surface area contributed by atoms with Crippen molar-refractivity contribution in [3.05, 3.63) is 208 Å². The zero-order valence-corrected chi connectivity index (χ0v) is 33.6. The fourth-order valence-electron chi connectivity index (χ4n) is 7.27. The fraction of sp³-hybridized carbons (Fsp3) is 0.200. The van der Waals surface area contributed by atoms with Crippen molar-refractivity contribution in [3.8, 4) is 0 Å². The minimum atomic E-state index is -2.70. The Kier molecular flexibility index (Phi) is 13.0. The Labute approximate surface area is 353 Å². The van der Waals surface area contributed by atoms with Crippen LogP contribution in [-0.4, -0.2) is 59.5 Å². The molecule has 310 valence electrons. The number of hydrogen-bond acceptors (Lipinski definition) is 11. The molecule has 0 spiro atoms. The number of anilines is 1. The van der Waals surface area contributed by atoms with Gasteiger partial charge in [-0.05, 0) is 97.1 Å². The Morgan fingerprint density at radius 1 is 0.607 bits per heavy atom. The van der Waals surface area contributed by atoms with E-state index < -0.39 is 60.2 Å². The topological polar surface area (TPSA) is 161 Å². The molecule has 61 heavy (non-hydrogen) atoms. The highest BCUT2D eigenvalue weighted by molar-refractivity contribution is 5.92. The van der Waals surface area contributed by atoms with Gasteiger partial charge in [0, 0.05) is 11.3 Å². The summed E-state index contributed by atoms with van der Waals surface area (Å²) in [4.78, 5) is 56.0. The Bertz CT molecular complexity index is 2450. The van der Waals surface area contributed by atoms with Crippen LogP contribution in [0.5, 0.6) is 0 Å². The van der Waals surface area contributed by atoms with E-state index in [1.54, 1.807) is 97.1 Å². The molecule has 0 aromatic heterocycles. The molecule has 0 amide bonds. The fourth-order valence-corrected chi connectivity index (χ4v) is 7.27. The van der Waals surface area contributed by atoms with Crippen LogP contribution in [0.2, 0.25) is 0 Å². The van der Waals surface area contributed by atoms with Gasteiger partial charge in [-0.15, -0.1) is 0 Å². The smallest absolute Gasteiger partial charge is 0.338 e. The average molecular weight is 820 g/mol. The van der Waals surface area contributed by atoms with Crippen molar-refractivity contribution in [2.75, 3.05) is 5.73 Å². The molecule has 1 heterocycles. The van der Waals surface area contributed by atoms with Gasteiger partial charge in [0.2, 0.25) is 11.9 Å². The molecule has 1 aliphatic rings. The summed E-state index contributed by atoms with van der Waals surface area (Å²) < 4.78 is 31.4. The molecule has 0 unspecified atom stereocenters. The van der Waals surface area contributed by atoms with Gasteiger partial charge >= 0.3 is 23.9 Å². The van der Waals surface area contributed by atoms with Crippen molar-refractivity contribution in [2.45, 2.75) is 63.0 Å². The molecule has 0 bridgehead atoms. The molecule has 0 aliphatic carbocycles. The predicted molar refractivity (Wildman–Crippen MR) is 227 cm³/mol. The number of hydrogen-bond donors (Lipinski definition) is 2.